The zero-order valence-corrected chi connectivity index (χ0v) is 14.3. The number of carbonyl (C=O) groups excluding carboxylic acids is 2. The fourth-order valence-electron chi connectivity index (χ4n) is 3.29. The number of rotatable bonds is 5. The van der Waals surface area contributed by atoms with Gasteiger partial charge in [-0.25, -0.2) is 0 Å². The Labute approximate surface area is 128 Å². The highest BCUT2D eigenvalue weighted by Gasteiger charge is 2.56. The Kier molecular flexibility index (Phi) is 4.11. The lowest BCUT2D eigenvalue weighted by Gasteiger charge is -2.48. The maximum Gasteiger partial charge on any atom is 0.249 e. The number of carbonyl (C=O) groups is 2. The highest BCUT2D eigenvalue weighted by molar-refractivity contribution is 6.00. The molecular formula is C17H30N2O2. The first kappa shape index (κ1) is 16.3. The summed E-state index contributed by atoms with van der Waals surface area (Å²) in [5, 5.41) is 3.04. The van der Waals surface area contributed by atoms with Crippen LogP contribution in [0.4, 0.5) is 0 Å². The highest BCUT2D eigenvalue weighted by Crippen LogP contribution is 2.43. The number of nitrogens with zero attached hydrogens (tertiary/aromatic N) is 1. The van der Waals surface area contributed by atoms with Gasteiger partial charge in [0, 0.05) is 6.54 Å². The lowest BCUT2D eigenvalue weighted by Crippen LogP contribution is -2.72. The number of hydrogen-bond acceptors (Lipinski definition) is 2. The van der Waals surface area contributed by atoms with Crippen LogP contribution in [0.25, 0.3) is 0 Å². The van der Waals surface area contributed by atoms with E-state index in [4.69, 9.17) is 0 Å². The molecule has 0 aromatic heterocycles. The molecule has 2 aliphatic rings. The maximum atomic E-state index is 13.1. The third-order valence-electron chi connectivity index (χ3n) is 5.27. The van der Waals surface area contributed by atoms with E-state index >= 15 is 0 Å². The molecule has 1 aliphatic carbocycles. The summed E-state index contributed by atoms with van der Waals surface area (Å²) >= 11 is 0. The van der Waals surface area contributed by atoms with Crippen LogP contribution >= 0.6 is 0 Å². The van der Waals surface area contributed by atoms with Gasteiger partial charge in [0.15, 0.2) is 0 Å². The van der Waals surface area contributed by atoms with Crippen molar-refractivity contribution in [1.82, 2.24) is 10.2 Å². The minimum Gasteiger partial charge on any atom is -0.340 e. The summed E-state index contributed by atoms with van der Waals surface area (Å²) in [4.78, 5) is 27.6. The molecule has 1 aliphatic heterocycles. The van der Waals surface area contributed by atoms with Gasteiger partial charge in [-0.15, -0.1) is 0 Å². The smallest absolute Gasteiger partial charge is 0.249 e. The lowest BCUT2D eigenvalue weighted by atomic mass is 9.83. The van der Waals surface area contributed by atoms with Crippen molar-refractivity contribution in [1.29, 1.82) is 0 Å². The lowest BCUT2D eigenvalue weighted by molar-refractivity contribution is -0.159. The number of piperazine rings is 1. The summed E-state index contributed by atoms with van der Waals surface area (Å²) in [6, 6.07) is -0.338. The Bertz CT molecular complexity index is 440. The highest BCUT2D eigenvalue weighted by atomic mass is 16.2. The van der Waals surface area contributed by atoms with Crippen LogP contribution in [-0.4, -0.2) is 34.8 Å². The van der Waals surface area contributed by atoms with E-state index in [9.17, 15) is 9.59 Å². The third-order valence-corrected chi connectivity index (χ3v) is 5.27. The molecule has 0 radical (unpaired) electrons. The zero-order valence-electron chi connectivity index (χ0n) is 14.3. The van der Waals surface area contributed by atoms with Gasteiger partial charge in [0.25, 0.3) is 0 Å². The second-order valence-electron chi connectivity index (χ2n) is 8.11. The van der Waals surface area contributed by atoms with E-state index < -0.39 is 5.54 Å². The van der Waals surface area contributed by atoms with Crippen molar-refractivity contribution in [3.05, 3.63) is 0 Å². The van der Waals surface area contributed by atoms with Gasteiger partial charge in [-0.05, 0) is 43.4 Å². The van der Waals surface area contributed by atoms with Crippen LogP contribution in [-0.2, 0) is 9.59 Å². The van der Waals surface area contributed by atoms with E-state index in [-0.39, 0.29) is 29.2 Å². The first-order valence-corrected chi connectivity index (χ1v) is 8.25. The fourth-order valence-corrected chi connectivity index (χ4v) is 3.29. The first-order valence-electron chi connectivity index (χ1n) is 8.25. The molecule has 2 amide bonds. The van der Waals surface area contributed by atoms with E-state index in [0.29, 0.717) is 12.5 Å². The first-order chi connectivity index (χ1) is 9.62. The summed E-state index contributed by atoms with van der Waals surface area (Å²) < 4.78 is 0. The third kappa shape index (κ3) is 2.95. The molecule has 1 saturated carbocycles. The summed E-state index contributed by atoms with van der Waals surface area (Å²) in [6.45, 7) is 13.1. The van der Waals surface area contributed by atoms with Gasteiger partial charge >= 0.3 is 0 Å². The second kappa shape index (κ2) is 5.29. The van der Waals surface area contributed by atoms with Crippen LogP contribution in [0.15, 0.2) is 0 Å². The summed E-state index contributed by atoms with van der Waals surface area (Å²) in [5.41, 5.74) is -0.656. The predicted octanol–water partition coefficient (Wildman–Crippen LogP) is 2.57. The molecule has 0 bridgehead atoms. The molecule has 2 atom stereocenters. The van der Waals surface area contributed by atoms with Crippen LogP contribution in [0.2, 0.25) is 0 Å². The normalized spacial score (nSPS) is 30.8. The second-order valence-corrected chi connectivity index (χ2v) is 8.11. The van der Waals surface area contributed by atoms with Gasteiger partial charge in [0.05, 0.1) is 0 Å². The minimum absolute atomic E-state index is 0.0194. The molecule has 0 aromatic rings. The molecular weight excluding hydrogens is 264 g/mol. The van der Waals surface area contributed by atoms with Crippen LogP contribution in [0.3, 0.4) is 0 Å². The molecule has 0 spiro atoms. The van der Waals surface area contributed by atoms with Gasteiger partial charge in [0.1, 0.15) is 11.6 Å². The molecule has 120 valence electrons. The summed E-state index contributed by atoms with van der Waals surface area (Å²) in [5.74, 6) is 0.579. The molecule has 2 rings (SSSR count). The van der Waals surface area contributed by atoms with Gasteiger partial charge in [-0.3, -0.25) is 9.59 Å². The van der Waals surface area contributed by atoms with Crippen molar-refractivity contribution in [3.63, 3.8) is 0 Å². The van der Waals surface area contributed by atoms with E-state index in [1.54, 1.807) is 0 Å². The van der Waals surface area contributed by atoms with E-state index in [1.807, 2.05) is 25.7 Å². The van der Waals surface area contributed by atoms with Crippen LogP contribution in [0.1, 0.15) is 60.8 Å². The van der Waals surface area contributed by atoms with Crippen molar-refractivity contribution in [2.24, 2.45) is 17.3 Å². The molecule has 1 heterocycles. The zero-order chi connectivity index (χ0) is 16.0. The molecule has 0 aromatic carbocycles. The maximum absolute atomic E-state index is 13.1. The SMILES string of the molecule is CCC(C)(C)CN1C(=O)C(C)(C2CC2)NC(=O)C1C(C)C. The Morgan fingerprint density at radius 2 is 1.90 bits per heavy atom. The Hall–Kier alpha value is -1.06. The molecule has 4 heteroatoms. The molecule has 2 fully saturated rings. The van der Waals surface area contributed by atoms with Gasteiger partial charge < -0.3 is 10.2 Å². The molecule has 1 saturated heterocycles. The monoisotopic (exact) mass is 294 g/mol. The Morgan fingerprint density at radius 3 is 2.33 bits per heavy atom. The quantitative estimate of drug-likeness (QED) is 0.847. The van der Waals surface area contributed by atoms with Gasteiger partial charge in [0.2, 0.25) is 11.8 Å². The van der Waals surface area contributed by atoms with Gasteiger partial charge in [-0.2, -0.15) is 0 Å². The fraction of sp³-hybridized carbons (Fsp3) is 0.882. The predicted molar refractivity (Wildman–Crippen MR) is 83.7 cm³/mol. The van der Waals surface area contributed by atoms with E-state index in [0.717, 1.165) is 19.3 Å². The topological polar surface area (TPSA) is 49.4 Å². The summed E-state index contributed by atoms with van der Waals surface area (Å²) in [7, 11) is 0. The number of hydrogen-bond donors (Lipinski definition) is 1. The van der Waals surface area contributed by atoms with Crippen molar-refractivity contribution in [3.8, 4) is 0 Å². The summed E-state index contributed by atoms with van der Waals surface area (Å²) in [6.07, 6.45) is 3.07. The van der Waals surface area contributed by atoms with Crippen molar-refractivity contribution < 1.29 is 9.59 Å². The molecule has 4 nitrogen and oxygen atoms in total. The molecule has 2 unspecified atom stereocenters. The Morgan fingerprint density at radius 1 is 1.33 bits per heavy atom. The largest absolute Gasteiger partial charge is 0.340 e. The van der Waals surface area contributed by atoms with Crippen LogP contribution < -0.4 is 5.32 Å². The van der Waals surface area contributed by atoms with Crippen LogP contribution in [0.5, 0.6) is 0 Å². The average Bonchev–Trinajstić information content (AvgIpc) is 3.19. The van der Waals surface area contributed by atoms with Crippen molar-refractivity contribution >= 4 is 11.8 Å². The van der Waals surface area contributed by atoms with E-state index in [2.05, 4.69) is 26.1 Å². The number of amides is 2. The van der Waals surface area contributed by atoms with Crippen molar-refractivity contribution in [2.75, 3.05) is 6.54 Å². The standard InChI is InChI=1S/C17H30N2O2/c1-7-16(4,5)10-19-13(11(2)3)14(20)18-17(6,15(19)21)12-8-9-12/h11-13H,7-10H2,1-6H3,(H,18,20). The molecule has 1 N–H and O–H groups in total. The molecule has 21 heavy (non-hydrogen) atoms. The number of nitrogens with one attached hydrogen (secondary N) is 1. The van der Waals surface area contributed by atoms with E-state index in [1.165, 1.54) is 0 Å². The van der Waals surface area contributed by atoms with Crippen molar-refractivity contribution in [2.45, 2.75) is 72.4 Å². The average molecular weight is 294 g/mol. The Balaban J connectivity index is 2.33. The minimum atomic E-state index is -0.688. The van der Waals surface area contributed by atoms with Crippen LogP contribution in [0, 0.1) is 17.3 Å². The van der Waals surface area contributed by atoms with Gasteiger partial charge in [-0.1, -0.05) is 34.6 Å².